The fraction of sp³-hybridized carbons (Fsp3) is 0.538. The van der Waals surface area contributed by atoms with Crippen molar-refractivity contribution < 1.29 is 9.90 Å². The molecule has 0 radical (unpaired) electrons. The summed E-state index contributed by atoms with van der Waals surface area (Å²) in [6, 6.07) is 1.88. The van der Waals surface area contributed by atoms with Crippen LogP contribution in [0.4, 0.5) is 0 Å². The maximum atomic E-state index is 12.2. The van der Waals surface area contributed by atoms with Crippen LogP contribution in [0.15, 0.2) is 6.07 Å². The van der Waals surface area contributed by atoms with Crippen LogP contribution >= 0.6 is 0 Å². The van der Waals surface area contributed by atoms with Crippen molar-refractivity contribution in [3.63, 3.8) is 0 Å². The van der Waals surface area contributed by atoms with Gasteiger partial charge in [-0.3, -0.25) is 4.79 Å². The number of aliphatic hydroxyl groups is 1. The Morgan fingerprint density at radius 3 is 2.80 bits per heavy atom. The summed E-state index contributed by atoms with van der Waals surface area (Å²) in [6.45, 7) is 5.91. The van der Waals surface area contributed by atoms with Crippen LogP contribution in [-0.2, 0) is 0 Å². The molecule has 2 rings (SSSR count). The minimum Gasteiger partial charge on any atom is -0.393 e. The normalized spacial score (nSPS) is 12.7. The van der Waals surface area contributed by atoms with Gasteiger partial charge in [0.15, 0.2) is 0 Å². The van der Waals surface area contributed by atoms with Crippen molar-refractivity contribution in [2.45, 2.75) is 33.3 Å². The highest BCUT2D eigenvalue weighted by atomic mass is 16.3. The Hall–Kier alpha value is -2.02. The number of aryl methyl sites for hydroxylation is 2. The number of hydrogen-bond donors (Lipinski definition) is 1. The van der Waals surface area contributed by atoms with Gasteiger partial charge in [-0.1, -0.05) is 0 Å². The van der Waals surface area contributed by atoms with E-state index in [0.29, 0.717) is 18.7 Å². The quantitative estimate of drug-likeness (QED) is 0.884. The highest BCUT2D eigenvalue weighted by Gasteiger charge is 2.18. The third kappa shape index (κ3) is 2.93. The van der Waals surface area contributed by atoms with Crippen LogP contribution in [0.25, 0.3) is 5.78 Å². The first-order chi connectivity index (χ1) is 9.38. The van der Waals surface area contributed by atoms with E-state index < -0.39 is 6.10 Å². The molecule has 7 nitrogen and oxygen atoms in total. The Morgan fingerprint density at radius 2 is 2.15 bits per heavy atom. The molecular formula is C13H19N5O2. The maximum Gasteiger partial charge on any atom is 0.293 e. The summed E-state index contributed by atoms with van der Waals surface area (Å²) in [7, 11) is 1.67. The molecular weight excluding hydrogens is 258 g/mol. The lowest BCUT2D eigenvalue weighted by molar-refractivity contribution is 0.0757. The highest BCUT2D eigenvalue weighted by molar-refractivity contribution is 5.90. The SMILES string of the molecule is Cc1cc(C)n2nc(C(=O)N(C)CCC(C)O)nc2n1. The Morgan fingerprint density at radius 1 is 1.45 bits per heavy atom. The molecule has 108 valence electrons. The van der Waals surface area contributed by atoms with Gasteiger partial charge in [-0.05, 0) is 33.3 Å². The third-order valence-corrected chi connectivity index (χ3v) is 3.04. The molecule has 1 atom stereocenters. The second-order valence-electron chi connectivity index (χ2n) is 5.05. The van der Waals surface area contributed by atoms with Crippen molar-refractivity contribution in [2.75, 3.05) is 13.6 Å². The molecule has 1 amide bonds. The number of aromatic nitrogens is 4. The first-order valence-corrected chi connectivity index (χ1v) is 6.53. The van der Waals surface area contributed by atoms with Crippen LogP contribution in [0.3, 0.4) is 0 Å². The fourth-order valence-electron chi connectivity index (χ4n) is 1.91. The topological polar surface area (TPSA) is 83.6 Å². The Balaban J connectivity index is 2.24. The lowest BCUT2D eigenvalue weighted by Crippen LogP contribution is -2.30. The average molecular weight is 277 g/mol. The molecule has 2 aromatic heterocycles. The van der Waals surface area contributed by atoms with Gasteiger partial charge in [-0.2, -0.15) is 4.98 Å². The zero-order valence-corrected chi connectivity index (χ0v) is 12.2. The second-order valence-corrected chi connectivity index (χ2v) is 5.05. The van der Waals surface area contributed by atoms with Crippen molar-refractivity contribution in [3.05, 3.63) is 23.3 Å². The van der Waals surface area contributed by atoms with E-state index in [1.807, 2.05) is 19.9 Å². The largest absolute Gasteiger partial charge is 0.393 e. The number of rotatable bonds is 4. The zero-order chi connectivity index (χ0) is 14.9. The van der Waals surface area contributed by atoms with Gasteiger partial charge in [-0.15, -0.1) is 5.10 Å². The number of nitrogens with zero attached hydrogens (tertiary/aromatic N) is 5. The van der Waals surface area contributed by atoms with Crippen LogP contribution in [0, 0.1) is 13.8 Å². The first-order valence-electron chi connectivity index (χ1n) is 6.53. The number of carbonyl (C=O) groups excluding carboxylic acids is 1. The van der Waals surface area contributed by atoms with E-state index in [1.54, 1.807) is 18.5 Å². The van der Waals surface area contributed by atoms with Gasteiger partial charge in [0, 0.05) is 25.0 Å². The summed E-state index contributed by atoms with van der Waals surface area (Å²) in [5, 5.41) is 13.4. The Bertz CT molecular complexity index is 635. The molecule has 7 heteroatoms. The number of fused-ring (bicyclic) bond motifs is 1. The maximum absolute atomic E-state index is 12.2. The van der Waals surface area contributed by atoms with E-state index in [0.717, 1.165) is 11.4 Å². The number of amides is 1. The molecule has 0 aliphatic rings. The van der Waals surface area contributed by atoms with Crippen molar-refractivity contribution >= 4 is 11.7 Å². The minimum absolute atomic E-state index is 0.124. The molecule has 0 spiro atoms. The smallest absolute Gasteiger partial charge is 0.293 e. The Labute approximate surface area is 117 Å². The van der Waals surface area contributed by atoms with E-state index in [4.69, 9.17) is 0 Å². The zero-order valence-electron chi connectivity index (χ0n) is 12.2. The van der Waals surface area contributed by atoms with Crippen molar-refractivity contribution in [3.8, 4) is 0 Å². The van der Waals surface area contributed by atoms with Gasteiger partial charge in [0.2, 0.25) is 5.82 Å². The summed E-state index contributed by atoms with van der Waals surface area (Å²) >= 11 is 0. The number of hydrogen-bond acceptors (Lipinski definition) is 5. The van der Waals surface area contributed by atoms with E-state index in [9.17, 15) is 9.90 Å². The van der Waals surface area contributed by atoms with Crippen molar-refractivity contribution in [1.29, 1.82) is 0 Å². The molecule has 0 fully saturated rings. The highest BCUT2D eigenvalue weighted by Crippen LogP contribution is 2.07. The summed E-state index contributed by atoms with van der Waals surface area (Å²) in [6.07, 6.45) is 0.0808. The molecule has 1 N–H and O–H groups in total. The van der Waals surface area contributed by atoms with E-state index >= 15 is 0 Å². The van der Waals surface area contributed by atoms with Crippen LogP contribution in [0.5, 0.6) is 0 Å². The fourth-order valence-corrected chi connectivity index (χ4v) is 1.91. The summed E-state index contributed by atoms with van der Waals surface area (Å²) in [4.78, 5) is 22.1. The summed E-state index contributed by atoms with van der Waals surface area (Å²) < 4.78 is 1.56. The number of carbonyl (C=O) groups is 1. The van der Waals surface area contributed by atoms with Gasteiger partial charge >= 0.3 is 0 Å². The third-order valence-electron chi connectivity index (χ3n) is 3.04. The lowest BCUT2D eigenvalue weighted by Gasteiger charge is -2.15. The van der Waals surface area contributed by atoms with Crippen LogP contribution < -0.4 is 0 Å². The molecule has 0 aliphatic carbocycles. The van der Waals surface area contributed by atoms with Gasteiger partial charge in [0.25, 0.3) is 11.7 Å². The predicted octanol–water partition coefficient (Wildman–Crippen LogP) is 0.584. The summed E-state index contributed by atoms with van der Waals surface area (Å²) in [5.41, 5.74) is 1.72. The summed E-state index contributed by atoms with van der Waals surface area (Å²) in [5.74, 6) is 0.280. The average Bonchev–Trinajstić information content (AvgIpc) is 2.78. The van der Waals surface area contributed by atoms with E-state index in [2.05, 4.69) is 15.1 Å². The van der Waals surface area contributed by atoms with Crippen molar-refractivity contribution in [2.24, 2.45) is 0 Å². The molecule has 0 aromatic carbocycles. The molecule has 0 aliphatic heterocycles. The predicted molar refractivity (Wildman–Crippen MR) is 73.5 cm³/mol. The van der Waals surface area contributed by atoms with E-state index in [-0.39, 0.29) is 11.7 Å². The molecule has 20 heavy (non-hydrogen) atoms. The van der Waals surface area contributed by atoms with Gasteiger partial charge in [0.1, 0.15) is 0 Å². The molecule has 0 bridgehead atoms. The van der Waals surface area contributed by atoms with Gasteiger partial charge < -0.3 is 10.0 Å². The minimum atomic E-state index is -0.439. The second kappa shape index (κ2) is 5.54. The molecule has 2 aromatic rings. The number of aliphatic hydroxyl groups excluding tert-OH is 1. The van der Waals surface area contributed by atoms with Crippen LogP contribution in [0.2, 0.25) is 0 Å². The standard InChI is InChI=1S/C13H19N5O2/c1-8-7-9(2)18-13(14-8)15-11(16-18)12(20)17(4)6-5-10(3)19/h7,10,19H,5-6H2,1-4H3. The molecule has 0 saturated carbocycles. The Kier molecular flexibility index (Phi) is 3.99. The van der Waals surface area contributed by atoms with Crippen LogP contribution in [0.1, 0.15) is 35.4 Å². The van der Waals surface area contributed by atoms with Crippen molar-refractivity contribution in [1.82, 2.24) is 24.5 Å². The lowest BCUT2D eigenvalue weighted by atomic mass is 10.3. The molecule has 0 saturated heterocycles. The molecule has 2 heterocycles. The van der Waals surface area contributed by atoms with Crippen LogP contribution in [-0.4, -0.2) is 55.2 Å². The van der Waals surface area contributed by atoms with E-state index in [1.165, 1.54) is 4.90 Å². The monoisotopic (exact) mass is 277 g/mol. The van der Waals surface area contributed by atoms with Gasteiger partial charge in [-0.25, -0.2) is 9.50 Å². The van der Waals surface area contributed by atoms with Gasteiger partial charge in [0.05, 0.1) is 6.10 Å². The molecule has 1 unspecified atom stereocenters. The first kappa shape index (κ1) is 14.4.